The molecule has 3 heterocycles. The second-order valence-electron chi connectivity index (χ2n) is 10.7. The van der Waals surface area contributed by atoms with E-state index in [1.54, 1.807) is 35.9 Å². The fraction of sp³-hybridized carbons (Fsp3) is 0.538. The van der Waals surface area contributed by atoms with Gasteiger partial charge in [-0.05, 0) is 70.5 Å². The van der Waals surface area contributed by atoms with Crippen LogP contribution in [0.3, 0.4) is 0 Å². The number of rotatable bonds is 5. The number of likely N-dealkylation sites (tertiary alicyclic amines) is 1. The van der Waals surface area contributed by atoms with Gasteiger partial charge in [0.15, 0.2) is 0 Å². The number of nitrogens with two attached hydrogens (primary N) is 2. The molecule has 12 heteroatoms. The zero-order valence-corrected chi connectivity index (χ0v) is 23.1. The Bertz CT molecular complexity index is 1170. The minimum Gasteiger partial charge on any atom is -0.337 e. The average Bonchev–Trinajstić information content (AvgIpc) is 2.85. The Hall–Kier alpha value is -2.99. The summed E-state index contributed by atoms with van der Waals surface area (Å²) in [5.74, 6) is 0.0360. The first kappa shape index (κ1) is 29.6. The van der Waals surface area contributed by atoms with Gasteiger partial charge in [-0.2, -0.15) is 4.98 Å². The van der Waals surface area contributed by atoms with Gasteiger partial charge in [-0.25, -0.2) is 9.59 Å². The van der Waals surface area contributed by atoms with Crippen LogP contribution in [0.1, 0.15) is 39.2 Å². The number of carbonyl (C=O) groups excluding carboxylic acids is 2. The fourth-order valence-corrected chi connectivity index (χ4v) is 4.83. The lowest BCUT2D eigenvalue weighted by Crippen LogP contribution is -2.61. The summed E-state index contributed by atoms with van der Waals surface area (Å²) in [5.41, 5.74) is 12.4. The van der Waals surface area contributed by atoms with Gasteiger partial charge in [0.25, 0.3) is 0 Å². The SMILES string of the molecule is C[C@H]1CN(C(=O)C(C)(C)N)CCN1C(=O)Nc1ccn(-c2ccc(CN3CCC(N)CC3)cc2)c(=O)n1.Cl. The summed E-state index contributed by atoms with van der Waals surface area (Å²) in [6.45, 7) is 9.23. The summed E-state index contributed by atoms with van der Waals surface area (Å²) in [5, 5.41) is 2.71. The van der Waals surface area contributed by atoms with Gasteiger partial charge in [0.05, 0.1) is 11.2 Å². The van der Waals surface area contributed by atoms with Crippen molar-refractivity contribution in [1.29, 1.82) is 0 Å². The van der Waals surface area contributed by atoms with Crippen LogP contribution >= 0.6 is 12.4 Å². The molecule has 5 N–H and O–H groups in total. The van der Waals surface area contributed by atoms with E-state index in [2.05, 4.69) is 15.2 Å². The van der Waals surface area contributed by atoms with Crippen molar-refractivity contribution < 1.29 is 9.59 Å². The van der Waals surface area contributed by atoms with Gasteiger partial charge in [0.1, 0.15) is 5.82 Å². The smallest absolute Gasteiger partial charge is 0.337 e. The molecule has 2 fully saturated rings. The molecule has 0 radical (unpaired) electrons. The third-order valence-electron chi connectivity index (χ3n) is 7.02. The van der Waals surface area contributed by atoms with E-state index in [1.807, 2.05) is 31.2 Å². The summed E-state index contributed by atoms with van der Waals surface area (Å²) in [7, 11) is 0. The highest BCUT2D eigenvalue weighted by molar-refractivity contribution is 5.89. The van der Waals surface area contributed by atoms with Crippen molar-refractivity contribution in [3.8, 4) is 5.69 Å². The Morgan fingerprint density at radius 3 is 2.32 bits per heavy atom. The summed E-state index contributed by atoms with van der Waals surface area (Å²) in [6, 6.07) is 9.17. The summed E-state index contributed by atoms with van der Waals surface area (Å²) in [6.07, 6.45) is 3.64. The normalized spacial score (nSPS) is 19.1. The van der Waals surface area contributed by atoms with Crippen LogP contribution in [0.15, 0.2) is 41.3 Å². The maximum Gasteiger partial charge on any atom is 0.354 e. The quantitative estimate of drug-likeness (QED) is 0.514. The Labute approximate surface area is 229 Å². The molecule has 2 aliphatic heterocycles. The molecule has 0 saturated carbocycles. The standard InChI is InChI=1S/C26H38N8O3.ClH/c1-18-16-32(23(35)26(2,3)28)14-15-33(18)24(36)29-22-10-13-34(25(37)30-22)21-6-4-19(5-7-21)17-31-11-8-20(27)9-12-31;/h4-7,10,13,18,20H,8-9,11-12,14-17,27-28H2,1-3H3,(H,29,30,36,37);1H/t18-;/m0./s1. The number of nitrogens with zero attached hydrogens (tertiary/aromatic N) is 5. The number of nitrogens with one attached hydrogen (secondary N) is 1. The van der Waals surface area contributed by atoms with E-state index in [0.29, 0.717) is 31.4 Å². The third kappa shape index (κ3) is 7.10. The van der Waals surface area contributed by atoms with E-state index in [0.717, 1.165) is 32.5 Å². The van der Waals surface area contributed by atoms with Crippen LogP contribution in [0.5, 0.6) is 0 Å². The molecular weight excluding hydrogens is 508 g/mol. The van der Waals surface area contributed by atoms with Crippen molar-refractivity contribution in [2.24, 2.45) is 11.5 Å². The van der Waals surface area contributed by atoms with Crippen molar-refractivity contribution in [3.63, 3.8) is 0 Å². The molecule has 4 rings (SSSR count). The monoisotopic (exact) mass is 546 g/mol. The van der Waals surface area contributed by atoms with E-state index < -0.39 is 11.2 Å². The molecule has 0 unspecified atom stereocenters. The molecule has 0 spiro atoms. The molecule has 38 heavy (non-hydrogen) atoms. The van der Waals surface area contributed by atoms with Crippen molar-refractivity contribution >= 4 is 30.2 Å². The molecule has 2 saturated heterocycles. The molecule has 1 atom stereocenters. The zero-order valence-electron chi connectivity index (χ0n) is 22.3. The second kappa shape index (κ2) is 12.2. The molecular formula is C26H39ClN8O3. The summed E-state index contributed by atoms with van der Waals surface area (Å²) >= 11 is 0. The van der Waals surface area contributed by atoms with Crippen LogP contribution in [0.2, 0.25) is 0 Å². The lowest BCUT2D eigenvalue weighted by Gasteiger charge is -2.41. The summed E-state index contributed by atoms with van der Waals surface area (Å²) in [4.78, 5) is 47.8. The molecule has 2 aliphatic rings. The van der Waals surface area contributed by atoms with Gasteiger partial charge in [-0.15, -0.1) is 12.4 Å². The van der Waals surface area contributed by atoms with Gasteiger partial charge >= 0.3 is 11.7 Å². The van der Waals surface area contributed by atoms with Crippen LogP contribution in [0, 0.1) is 0 Å². The van der Waals surface area contributed by atoms with Crippen molar-refractivity contribution in [1.82, 2.24) is 24.3 Å². The molecule has 3 amide bonds. The largest absolute Gasteiger partial charge is 0.354 e. The number of piperazine rings is 1. The first-order chi connectivity index (χ1) is 17.5. The number of urea groups is 1. The maximum absolute atomic E-state index is 12.9. The van der Waals surface area contributed by atoms with Crippen molar-refractivity contribution in [2.75, 3.05) is 38.0 Å². The van der Waals surface area contributed by atoms with E-state index in [9.17, 15) is 14.4 Å². The number of hydrogen-bond donors (Lipinski definition) is 3. The zero-order chi connectivity index (χ0) is 26.7. The molecule has 11 nitrogen and oxygen atoms in total. The highest BCUT2D eigenvalue weighted by Crippen LogP contribution is 2.17. The van der Waals surface area contributed by atoms with Crippen LogP contribution in [0.25, 0.3) is 5.69 Å². The fourth-order valence-electron chi connectivity index (χ4n) is 4.83. The van der Waals surface area contributed by atoms with E-state index in [-0.39, 0.29) is 36.2 Å². The number of hydrogen-bond acceptors (Lipinski definition) is 7. The lowest BCUT2D eigenvalue weighted by atomic mass is 10.0. The maximum atomic E-state index is 12.9. The lowest BCUT2D eigenvalue weighted by molar-refractivity contribution is -0.138. The number of carbonyl (C=O) groups is 2. The Balaban J connectivity index is 0.00000400. The highest BCUT2D eigenvalue weighted by Gasteiger charge is 2.34. The number of piperidine rings is 1. The predicted molar refractivity (Wildman–Crippen MR) is 150 cm³/mol. The second-order valence-corrected chi connectivity index (χ2v) is 10.7. The van der Waals surface area contributed by atoms with Gasteiger partial charge in [-0.1, -0.05) is 12.1 Å². The summed E-state index contributed by atoms with van der Waals surface area (Å²) < 4.78 is 1.45. The topological polar surface area (TPSA) is 143 Å². The molecule has 208 valence electrons. The van der Waals surface area contributed by atoms with E-state index in [1.165, 1.54) is 10.1 Å². The Kier molecular flexibility index (Phi) is 9.53. The van der Waals surface area contributed by atoms with Crippen molar-refractivity contribution in [2.45, 2.75) is 57.8 Å². The van der Waals surface area contributed by atoms with Crippen LogP contribution in [-0.4, -0.2) is 86.5 Å². The number of halogens is 1. The molecule has 1 aromatic carbocycles. The molecule has 2 aromatic rings. The number of amides is 3. The first-order valence-corrected chi connectivity index (χ1v) is 12.8. The van der Waals surface area contributed by atoms with Crippen LogP contribution < -0.4 is 22.5 Å². The minimum atomic E-state index is -0.958. The third-order valence-corrected chi connectivity index (χ3v) is 7.02. The minimum absolute atomic E-state index is 0. The van der Waals surface area contributed by atoms with Gasteiger partial charge in [-0.3, -0.25) is 19.6 Å². The Morgan fingerprint density at radius 2 is 1.74 bits per heavy atom. The number of aromatic nitrogens is 2. The molecule has 0 bridgehead atoms. The van der Waals surface area contributed by atoms with Crippen LogP contribution in [-0.2, 0) is 11.3 Å². The predicted octanol–water partition coefficient (Wildman–Crippen LogP) is 1.38. The van der Waals surface area contributed by atoms with Gasteiger partial charge in [0, 0.05) is 44.5 Å². The van der Waals surface area contributed by atoms with Gasteiger partial charge in [0.2, 0.25) is 5.91 Å². The highest BCUT2D eigenvalue weighted by atomic mass is 35.5. The van der Waals surface area contributed by atoms with E-state index >= 15 is 0 Å². The average molecular weight is 547 g/mol. The first-order valence-electron chi connectivity index (χ1n) is 12.8. The van der Waals surface area contributed by atoms with Crippen molar-refractivity contribution in [3.05, 3.63) is 52.6 Å². The molecule has 0 aliphatic carbocycles. The Morgan fingerprint density at radius 1 is 1.08 bits per heavy atom. The molecule has 1 aromatic heterocycles. The van der Waals surface area contributed by atoms with Gasteiger partial charge < -0.3 is 21.3 Å². The number of benzene rings is 1. The number of anilines is 1. The van der Waals surface area contributed by atoms with Crippen LogP contribution in [0.4, 0.5) is 10.6 Å². The van der Waals surface area contributed by atoms with E-state index in [4.69, 9.17) is 11.5 Å².